The first kappa shape index (κ1) is 11.3. The lowest BCUT2D eigenvalue weighted by Gasteiger charge is -2.26. The highest BCUT2D eigenvalue weighted by Crippen LogP contribution is 2.06. The van der Waals surface area contributed by atoms with Gasteiger partial charge in [0.2, 0.25) is 0 Å². The second-order valence-electron chi connectivity index (χ2n) is 4.07. The van der Waals surface area contributed by atoms with Crippen molar-refractivity contribution in [3.05, 3.63) is 35.4 Å². The normalized spacial score (nSPS) is 17.2. The van der Waals surface area contributed by atoms with E-state index < -0.39 is 0 Å². The van der Waals surface area contributed by atoms with Crippen LogP contribution in [0.15, 0.2) is 24.3 Å². The van der Waals surface area contributed by atoms with Gasteiger partial charge < -0.3 is 4.74 Å². The highest BCUT2D eigenvalue weighted by molar-refractivity contribution is 5.74. The number of carbonyl (C=O) groups is 1. The maximum Gasteiger partial charge on any atom is 0.150 e. The fraction of sp³-hybridized carbons (Fsp3) is 0.462. The molecule has 86 valence electrons. The second kappa shape index (κ2) is 5.77. The predicted molar refractivity (Wildman–Crippen MR) is 62.8 cm³/mol. The molecule has 0 aliphatic carbocycles. The maximum absolute atomic E-state index is 10.6. The van der Waals surface area contributed by atoms with E-state index in [1.165, 1.54) is 5.56 Å². The van der Waals surface area contributed by atoms with Crippen molar-refractivity contribution in [3.8, 4) is 0 Å². The molecule has 3 nitrogen and oxygen atoms in total. The fourth-order valence-electron chi connectivity index (χ4n) is 1.93. The van der Waals surface area contributed by atoms with Crippen LogP contribution in [0, 0.1) is 0 Å². The molecule has 0 radical (unpaired) electrons. The monoisotopic (exact) mass is 219 g/mol. The topological polar surface area (TPSA) is 29.5 Å². The first-order chi connectivity index (χ1) is 7.88. The van der Waals surface area contributed by atoms with Gasteiger partial charge in [0.25, 0.3) is 0 Å². The average Bonchev–Trinajstić information content (AvgIpc) is 2.38. The Hall–Kier alpha value is -1.19. The van der Waals surface area contributed by atoms with Gasteiger partial charge in [-0.15, -0.1) is 0 Å². The standard InChI is InChI=1S/C13H17NO2/c15-11-13-3-1-2-12(10-13)4-5-14-6-8-16-9-7-14/h1-3,10-11H,4-9H2. The van der Waals surface area contributed by atoms with E-state index in [0.29, 0.717) is 0 Å². The fourth-order valence-corrected chi connectivity index (χ4v) is 1.93. The van der Waals surface area contributed by atoms with E-state index in [1.54, 1.807) is 0 Å². The van der Waals surface area contributed by atoms with Crippen molar-refractivity contribution >= 4 is 6.29 Å². The summed E-state index contributed by atoms with van der Waals surface area (Å²) < 4.78 is 5.30. The van der Waals surface area contributed by atoms with Crippen LogP contribution >= 0.6 is 0 Å². The van der Waals surface area contributed by atoms with Crippen LogP contribution in [0.2, 0.25) is 0 Å². The third kappa shape index (κ3) is 3.15. The summed E-state index contributed by atoms with van der Waals surface area (Å²) >= 11 is 0. The van der Waals surface area contributed by atoms with Gasteiger partial charge in [-0.1, -0.05) is 18.2 Å². The Morgan fingerprint density at radius 1 is 1.31 bits per heavy atom. The Morgan fingerprint density at radius 3 is 2.88 bits per heavy atom. The molecule has 1 fully saturated rings. The summed E-state index contributed by atoms with van der Waals surface area (Å²) in [5.74, 6) is 0. The van der Waals surface area contributed by atoms with Crippen LogP contribution in [-0.4, -0.2) is 44.0 Å². The van der Waals surface area contributed by atoms with Crippen molar-refractivity contribution in [2.75, 3.05) is 32.8 Å². The molecule has 0 N–H and O–H groups in total. The summed E-state index contributed by atoms with van der Waals surface area (Å²) in [5, 5.41) is 0. The molecular weight excluding hydrogens is 202 g/mol. The summed E-state index contributed by atoms with van der Waals surface area (Å²) in [7, 11) is 0. The average molecular weight is 219 g/mol. The van der Waals surface area contributed by atoms with Gasteiger partial charge in [-0.05, 0) is 18.1 Å². The molecule has 0 amide bonds. The molecule has 0 atom stereocenters. The zero-order valence-electron chi connectivity index (χ0n) is 9.39. The van der Waals surface area contributed by atoms with Crippen LogP contribution in [0.5, 0.6) is 0 Å². The molecule has 16 heavy (non-hydrogen) atoms. The van der Waals surface area contributed by atoms with E-state index in [2.05, 4.69) is 11.0 Å². The van der Waals surface area contributed by atoms with Gasteiger partial charge >= 0.3 is 0 Å². The molecule has 0 unspecified atom stereocenters. The summed E-state index contributed by atoms with van der Waals surface area (Å²) in [4.78, 5) is 13.0. The lowest BCUT2D eigenvalue weighted by molar-refractivity contribution is 0.0384. The Labute approximate surface area is 96.0 Å². The summed E-state index contributed by atoms with van der Waals surface area (Å²) in [6.07, 6.45) is 1.90. The van der Waals surface area contributed by atoms with Gasteiger partial charge in [0, 0.05) is 25.2 Å². The van der Waals surface area contributed by atoms with E-state index in [1.807, 2.05) is 18.2 Å². The summed E-state index contributed by atoms with van der Waals surface area (Å²) in [6.45, 7) is 4.77. The molecular formula is C13H17NO2. The highest BCUT2D eigenvalue weighted by atomic mass is 16.5. The zero-order valence-corrected chi connectivity index (χ0v) is 9.39. The molecule has 3 heteroatoms. The molecule has 0 aromatic heterocycles. The molecule has 1 saturated heterocycles. The van der Waals surface area contributed by atoms with Crippen molar-refractivity contribution in [2.24, 2.45) is 0 Å². The number of carbonyl (C=O) groups excluding carboxylic acids is 1. The van der Waals surface area contributed by atoms with Crippen molar-refractivity contribution in [1.82, 2.24) is 4.90 Å². The lowest BCUT2D eigenvalue weighted by Crippen LogP contribution is -2.37. The Kier molecular flexibility index (Phi) is 4.08. The molecule has 2 rings (SSSR count). The number of rotatable bonds is 4. The molecule has 0 spiro atoms. The van der Waals surface area contributed by atoms with Gasteiger partial charge in [0.15, 0.2) is 0 Å². The minimum atomic E-state index is 0.763. The molecule has 0 bridgehead atoms. The van der Waals surface area contributed by atoms with Gasteiger partial charge in [-0.2, -0.15) is 0 Å². The molecule has 1 aromatic carbocycles. The first-order valence-electron chi connectivity index (χ1n) is 5.73. The number of nitrogens with zero attached hydrogens (tertiary/aromatic N) is 1. The van der Waals surface area contributed by atoms with Crippen LogP contribution in [0.25, 0.3) is 0 Å². The number of morpholine rings is 1. The van der Waals surface area contributed by atoms with E-state index >= 15 is 0 Å². The molecule has 1 heterocycles. The smallest absolute Gasteiger partial charge is 0.150 e. The van der Waals surface area contributed by atoms with Crippen molar-refractivity contribution in [1.29, 1.82) is 0 Å². The van der Waals surface area contributed by atoms with E-state index in [0.717, 1.165) is 51.1 Å². The van der Waals surface area contributed by atoms with Crippen LogP contribution in [-0.2, 0) is 11.2 Å². The Balaban J connectivity index is 1.85. The van der Waals surface area contributed by atoms with E-state index in [9.17, 15) is 4.79 Å². The van der Waals surface area contributed by atoms with Gasteiger partial charge in [-0.25, -0.2) is 0 Å². The third-order valence-electron chi connectivity index (χ3n) is 2.91. The number of ether oxygens (including phenoxy) is 1. The quantitative estimate of drug-likeness (QED) is 0.716. The van der Waals surface area contributed by atoms with Crippen LogP contribution in [0.4, 0.5) is 0 Å². The van der Waals surface area contributed by atoms with Crippen molar-refractivity contribution < 1.29 is 9.53 Å². The number of hydrogen-bond acceptors (Lipinski definition) is 3. The first-order valence-corrected chi connectivity index (χ1v) is 5.73. The van der Waals surface area contributed by atoms with Crippen molar-refractivity contribution in [3.63, 3.8) is 0 Å². The van der Waals surface area contributed by atoms with E-state index in [4.69, 9.17) is 4.74 Å². The number of hydrogen-bond donors (Lipinski definition) is 0. The minimum Gasteiger partial charge on any atom is -0.379 e. The van der Waals surface area contributed by atoms with Crippen LogP contribution in [0.3, 0.4) is 0 Å². The number of aldehydes is 1. The van der Waals surface area contributed by atoms with Gasteiger partial charge in [0.1, 0.15) is 6.29 Å². The van der Waals surface area contributed by atoms with E-state index in [-0.39, 0.29) is 0 Å². The van der Waals surface area contributed by atoms with Gasteiger partial charge in [0.05, 0.1) is 13.2 Å². The van der Waals surface area contributed by atoms with Crippen molar-refractivity contribution in [2.45, 2.75) is 6.42 Å². The molecule has 1 aliphatic heterocycles. The summed E-state index contributed by atoms with van der Waals surface area (Å²) in [6, 6.07) is 7.82. The van der Waals surface area contributed by atoms with Gasteiger partial charge in [-0.3, -0.25) is 9.69 Å². The zero-order chi connectivity index (χ0) is 11.2. The Morgan fingerprint density at radius 2 is 2.12 bits per heavy atom. The molecule has 1 aromatic rings. The van der Waals surface area contributed by atoms with Crippen LogP contribution < -0.4 is 0 Å². The lowest BCUT2D eigenvalue weighted by atomic mass is 10.1. The second-order valence-corrected chi connectivity index (χ2v) is 4.07. The maximum atomic E-state index is 10.6. The largest absolute Gasteiger partial charge is 0.379 e. The molecule has 0 saturated carbocycles. The number of benzene rings is 1. The highest BCUT2D eigenvalue weighted by Gasteiger charge is 2.09. The van der Waals surface area contributed by atoms with Crippen LogP contribution in [0.1, 0.15) is 15.9 Å². The summed E-state index contributed by atoms with van der Waals surface area (Å²) in [5.41, 5.74) is 2.00. The third-order valence-corrected chi connectivity index (χ3v) is 2.91. The SMILES string of the molecule is O=Cc1cccc(CCN2CCOCC2)c1. The minimum absolute atomic E-state index is 0.763. The Bertz CT molecular complexity index is 346. The predicted octanol–water partition coefficient (Wildman–Crippen LogP) is 1.37. The molecule has 1 aliphatic rings.